The van der Waals surface area contributed by atoms with Gasteiger partial charge < -0.3 is 10.6 Å². The summed E-state index contributed by atoms with van der Waals surface area (Å²) in [6.45, 7) is 0.181. The second-order valence-electron chi connectivity index (χ2n) is 5.31. The predicted molar refractivity (Wildman–Crippen MR) is 94.3 cm³/mol. The van der Waals surface area contributed by atoms with E-state index in [9.17, 15) is 18.0 Å². The number of carbonyl (C=O) groups excluding carboxylic acids is 2. The molecule has 0 bridgehead atoms. The van der Waals surface area contributed by atoms with Gasteiger partial charge in [-0.3, -0.25) is 9.59 Å². The predicted octanol–water partition coefficient (Wildman–Crippen LogP) is 0.503. The smallest absolute Gasteiger partial charge is 0.313 e. The van der Waals surface area contributed by atoms with Crippen molar-refractivity contribution in [2.24, 2.45) is 5.14 Å². The van der Waals surface area contributed by atoms with Crippen LogP contribution in [0.1, 0.15) is 11.1 Å². The lowest BCUT2D eigenvalue weighted by Crippen LogP contribution is -2.36. The molecule has 134 valence electrons. The van der Waals surface area contributed by atoms with Gasteiger partial charge in [0, 0.05) is 6.54 Å². The fourth-order valence-electron chi connectivity index (χ4n) is 2.12. The highest BCUT2D eigenvalue weighted by Gasteiger charge is 2.14. The maximum absolute atomic E-state index is 11.9. The van der Waals surface area contributed by atoms with Gasteiger partial charge in [-0.1, -0.05) is 24.3 Å². The molecule has 0 unspecified atom stereocenters. The Morgan fingerprint density at radius 1 is 1.04 bits per heavy atom. The average Bonchev–Trinajstić information content (AvgIpc) is 2.61. The molecule has 9 heteroatoms. The molecule has 0 radical (unpaired) electrons. The largest absolute Gasteiger partial charge is 0.347 e. The number of nitrogens with two attached hydrogens (primary N) is 1. The third-order valence-electron chi connectivity index (χ3n) is 3.45. The van der Waals surface area contributed by atoms with Gasteiger partial charge in [0.1, 0.15) is 6.07 Å². The molecule has 2 rings (SSSR count). The lowest BCUT2D eigenvalue weighted by molar-refractivity contribution is -0.136. The molecule has 26 heavy (non-hydrogen) atoms. The van der Waals surface area contributed by atoms with E-state index in [1.165, 1.54) is 24.3 Å². The molecule has 0 aliphatic rings. The zero-order chi connectivity index (χ0) is 19.2. The molecule has 0 saturated heterocycles. The first-order valence-electron chi connectivity index (χ1n) is 7.51. The number of para-hydroxylation sites is 1. The van der Waals surface area contributed by atoms with Crippen LogP contribution in [0.3, 0.4) is 0 Å². The van der Waals surface area contributed by atoms with Gasteiger partial charge in [-0.25, -0.2) is 13.6 Å². The Morgan fingerprint density at radius 2 is 1.69 bits per heavy atom. The molecule has 0 aromatic heterocycles. The van der Waals surface area contributed by atoms with Crippen LogP contribution in [0, 0.1) is 11.3 Å². The van der Waals surface area contributed by atoms with E-state index in [0.717, 1.165) is 5.56 Å². The van der Waals surface area contributed by atoms with Crippen molar-refractivity contribution in [1.82, 2.24) is 5.32 Å². The van der Waals surface area contributed by atoms with E-state index in [0.29, 0.717) is 6.42 Å². The molecule has 8 nitrogen and oxygen atoms in total. The Kier molecular flexibility index (Phi) is 6.06. The standard InChI is InChI=1S/C17H16N4O4S/c18-11-13-3-1-2-4-15(13)21-17(23)16(22)20-10-9-12-5-7-14(8-6-12)26(19,24)25/h1-8H,9-10H2,(H,20,22)(H,21,23)(H2,19,24,25). The molecule has 4 N–H and O–H groups in total. The van der Waals surface area contributed by atoms with Crippen LogP contribution >= 0.6 is 0 Å². The molecule has 0 heterocycles. The summed E-state index contributed by atoms with van der Waals surface area (Å²) < 4.78 is 22.3. The van der Waals surface area contributed by atoms with Crippen molar-refractivity contribution in [2.75, 3.05) is 11.9 Å². The average molecular weight is 372 g/mol. The van der Waals surface area contributed by atoms with E-state index in [2.05, 4.69) is 10.6 Å². The minimum Gasteiger partial charge on any atom is -0.347 e. The molecular weight excluding hydrogens is 356 g/mol. The van der Waals surface area contributed by atoms with Gasteiger partial charge in [0.25, 0.3) is 0 Å². The van der Waals surface area contributed by atoms with Gasteiger partial charge in [0.05, 0.1) is 16.1 Å². The molecule has 0 saturated carbocycles. The quantitative estimate of drug-likeness (QED) is 0.655. The number of primary sulfonamides is 1. The molecule has 0 spiro atoms. The third kappa shape index (κ3) is 5.14. The summed E-state index contributed by atoms with van der Waals surface area (Å²) >= 11 is 0. The van der Waals surface area contributed by atoms with Crippen molar-refractivity contribution in [2.45, 2.75) is 11.3 Å². The molecular formula is C17H16N4O4S. The minimum absolute atomic E-state index is 0.000761. The zero-order valence-electron chi connectivity index (χ0n) is 13.6. The molecule has 0 fully saturated rings. The molecule has 2 aromatic rings. The Bertz CT molecular complexity index is 963. The van der Waals surface area contributed by atoms with Gasteiger partial charge in [-0.2, -0.15) is 5.26 Å². The highest BCUT2D eigenvalue weighted by Crippen LogP contribution is 2.13. The zero-order valence-corrected chi connectivity index (χ0v) is 14.4. The van der Waals surface area contributed by atoms with Crippen LogP contribution in [0.25, 0.3) is 0 Å². The number of nitrogens with one attached hydrogen (secondary N) is 2. The van der Waals surface area contributed by atoms with E-state index in [4.69, 9.17) is 10.4 Å². The van der Waals surface area contributed by atoms with E-state index in [1.54, 1.807) is 24.3 Å². The Hall–Kier alpha value is -3.22. The second-order valence-corrected chi connectivity index (χ2v) is 6.87. The fourth-order valence-corrected chi connectivity index (χ4v) is 2.63. The number of sulfonamides is 1. The molecule has 0 atom stereocenters. The topological polar surface area (TPSA) is 142 Å². The van der Waals surface area contributed by atoms with Crippen LogP contribution in [-0.4, -0.2) is 26.8 Å². The number of hydrogen-bond acceptors (Lipinski definition) is 5. The van der Waals surface area contributed by atoms with Gasteiger partial charge in [-0.05, 0) is 36.2 Å². The van der Waals surface area contributed by atoms with Crippen molar-refractivity contribution in [3.63, 3.8) is 0 Å². The molecule has 2 aromatic carbocycles. The number of amides is 2. The number of anilines is 1. The van der Waals surface area contributed by atoms with E-state index in [1.807, 2.05) is 6.07 Å². The van der Waals surface area contributed by atoms with Gasteiger partial charge in [0.2, 0.25) is 10.0 Å². The van der Waals surface area contributed by atoms with Gasteiger partial charge in [0.15, 0.2) is 0 Å². The minimum atomic E-state index is -3.75. The Morgan fingerprint density at radius 3 is 2.31 bits per heavy atom. The fraction of sp³-hybridized carbons (Fsp3) is 0.118. The third-order valence-corrected chi connectivity index (χ3v) is 4.38. The number of rotatable bonds is 5. The summed E-state index contributed by atoms with van der Waals surface area (Å²) in [5.74, 6) is -1.71. The van der Waals surface area contributed by atoms with Crippen molar-refractivity contribution in [3.8, 4) is 6.07 Å². The first kappa shape index (κ1) is 19.1. The molecule has 2 amide bonds. The summed E-state index contributed by atoms with van der Waals surface area (Å²) in [5.41, 5.74) is 1.28. The molecule has 0 aliphatic heterocycles. The first-order valence-corrected chi connectivity index (χ1v) is 9.06. The van der Waals surface area contributed by atoms with Crippen LogP contribution in [0.2, 0.25) is 0 Å². The van der Waals surface area contributed by atoms with E-state index < -0.39 is 21.8 Å². The summed E-state index contributed by atoms with van der Waals surface area (Å²) in [7, 11) is -3.75. The Balaban J connectivity index is 1.86. The van der Waals surface area contributed by atoms with Crippen molar-refractivity contribution in [3.05, 3.63) is 59.7 Å². The maximum Gasteiger partial charge on any atom is 0.313 e. The second kappa shape index (κ2) is 8.24. The number of benzene rings is 2. The van der Waals surface area contributed by atoms with E-state index >= 15 is 0 Å². The summed E-state index contributed by atoms with van der Waals surface area (Å²) in [6.07, 6.45) is 0.401. The highest BCUT2D eigenvalue weighted by atomic mass is 32.2. The highest BCUT2D eigenvalue weighted by molar-refractivity contribution is 7.89. The van der Waals surface area contributed by atoms with Crippen LogP contribution in [0.5, 0.6) is 0 Å². The number of nitriles is 1. The van der Waals surface area contributed by atoms with Gasteiger partial charge in [-0.15, -0.1) is 0 Å². The lowest BCUT2D eigenvalue weighted by atomic mass is 10.1. The van der Waals surface area contributed by atoms with E-state index in [-0.39, 0.29) is 22.7 Å². The van der Waals surface area contributed by atoms with Crippen molar-refractivity contribution < 1.29 is 18.0 Å². The summed E-state index contributed by atoms with van der Waals surface area (Å²) in [6, 6.07) is 14.2. The van der Waals surface area contributed by atoms with Crippen LogP contribution in [0.15, 0.2) is 53.4 Å². The lowest BCUT2D eigenvalue weighted by Gasteiger charge is -2.08. The Labute approximate surface area is 150 Å². The van der Waals surface area contributed by atoms with Crippen LogP contribution in [0.4, 0.5) is 5.69 Å². The number of nitrogens with zero attached hydrogens (tertiary/aromatic N) is 1. The van der Waals surface area contributed by atoms with Crippen LogP contribution in [-0.2, 0) is 26.0 Å². The first-order chi connectivity index (χ1) is 12.3. The number of carbonyl (C=O) groups is 2. The van der Waals surface area contributed by atoms with Crippen molar-refractivity contribution >= 4 is 27.5 Å². The van der Waals surface area contributed by atoms with Crippen molar-refractivity contribution in [1.29, 1.82) is 5.26 Å². The normalized spacial score (nSPS) is 10.6. The van der Waals surface area contributed by atoms with Gasteiger partial charge >= 0.3 is 11.8 Å². The SMILES string of the molecule is N#Cc1ccccc1NC(=O)C(=O)NCCc1ccc(S(N)(=O)=O)cc1. The maximum atomic E-state index is 11.9. The number of hydrogen-bond donors (Lipinski definition) is 3. The monoisotopic (exact) mass is 372 g/mol. The van der Waals surface area contributed by atoms with Crippen LogP contribution < -0.4 is 15.8 Å². The summed E-state index contributed by atoms with van der Waals surface area (Å²) in [5, 5.41) is 18.8. The summed E-state index contributed by atoms with van der Waals surface area (Å²) in [4.78, 5) is 23.7. The molecule has 0 aliphatic carbocycles.